The minimum atomic E-state index is -0.279. The Hall–Kier alpha value is -2.16. The van der Waals surface area contributed by atoms with E-state index in [2.05, 4.69) is 5.32 Å². The molecule has 0 bridgehead atoms. The van der Waals surface area contributed by atoms with Gasteiger partial charge in [0.15, 0.2) is 0 Å². The van der Waals surface area contributed by atoms with Crippen LogP contribution in [0, 0.1) is 5.82 Å². The van der Waals surface area contributed by atoms with Gasteiger partial charge in [-0.25, -0.2) is 4.39 Å². The van der Waals surface area contributed by atoms with Gasteiger partial charge in [-0.3, -0.25) is 4.79 Å². The number of carbonyl (C=O) groups excluding carboxylic acids is 1. The molecular weight excluding hydrogens is 265 g/mol. The van der Waals surface area contributed by atoms with Crippen molar-refractivity contribution in [1.82, 2.24) is 5.32 Å². The first kappa shape index (κ1) is 15.2. The fourth-order valence-electron chi connectivity index (χ4n) is 2.34. The van der Waals surface area contributed by atoms with Crippen molar-refractivity contribution >= 4 is 5.91 Å². The third-order valence-electron chi connectivity index (χ3n) is 3.48. The van der Waals surface area contributed by atoms with Crippen molar-refractivity contribution in [3.63, 3.8) is 0 Å². The number of halogens is 1. The predicted molar refractivity (Wildman–Crippen MR) is 82.3 cm³/mol. The molecule has 2 aromatic carbocycles. The molecule has 0 aromatic heterocycles. The molecule has 0 aliphatic heterocycles. The van der Waals surface area contributed by atoms with Crippen LogP contribution in [0.15, 0.2) is 54.6 Å². The Morgan fingerprint density at radius 2 is 1.76 bits per heavy atom. The lowest BCUT2D eigenvalue weighted by Gasteiger charge is -2.16. The van der Waals surface area contributed by atoms with Crippen molar-refractivity contribution in [2.75, 3.05) is 0 Å². The van der Waals surface area contributed by atoms with Gasteiger partial charge in [0.25, 0.3) is 0 Å². The molecule has 2 rings (SSSR count). The summed E-state index contributed by atoms with van der Waals surface area (Å²) in [6.07, 6.45) is 1.66. The van der Waals surface area contributed by atoms with E-state index in [9.17, 15) is 9.18 Å². The standard InChI is InChI=1S/C18H20FNO/c1-2-6-17(15-9-11-16(19)12-10-15)18(21)20-13-14-7-4-3-5-8-14/h3-5,7-12,17H,2,6,13H2,1H3,(H,20,21). The Labute approximate surface area is 125 Å². The third kappa shape index (κ3) is 4.42. The summed E-state index contributed by atoms with van der Waals surface area (Å²) in [6, 6.07) is 16.0. The monoisotopic (exact) mass is 285 g/mol. The number of carbonyl (C=O) groups is 1. The van der Waals surface area contributed by atoms with E-state index in [4.69, 9.17) is 0 Å². The minimum absolute atomic E-state index is 0.00712. The predicted octanol–water partition coefficient (Wildman–Crippen LogP) is 4.03. The maximum atomic E-state index is 13.0. The molecule has 1 amide bonds. The molecule has 0 spiro atoms. The van der Waals surface area contributed by atoms with Crippen LogP contribution in [0.2, 0.25) is 0 Å². The lowest BCUT2D eigenvalue weighted by Crippen LogP contribution is -2.29. The first-order chi connectivity index (χ1) is 10.2. The van der Waals surface area contributed by atoms with Crippen LogP contribution >= 0.6 is 0 Å². The molecule has 1 atom stereocenters. The summed E-state index contributed by atoms with van der Waals surface area (Å²) in [7, 11) is 0. The fraction of sp³-hybridized carbons (Fsp3) is 0.278. The lowest BCUT2D eigenvalue weighted by molar-refractivity contribution is -0.122. The van der Waals surface area contributed by atoms with Gasteiger partial charge in [0.1, 0.15) is 5.82 Å². The van der Waals surface area contributed by atoms with Gasteiger partial charge in [-0.05, 0) is 29.7 Å². The van der Waals surface area contributed by atoms with Gasteiger partial charge >= 0.3 is 0 Å². The van der Waals surface area contributed by atoms with Crippen LogP contribution in [0.3, 0.4) is 0 Å². The second-order valence-corrected chi connectivity index (χ2v) is 5.10. The van der Waals surface area contributed by atoms with Gasteiger partial charge in [-0.15, -0.1) is 0 Å². The Kier molecular flexibility index (Phi) is 5.50. The molecule has 0 fully saturated rings. The Morgan fingerprint density at radius 1 is 1.10 bits per heavy atom. The van der Waals surface area contributed by atoms with Crippen molar-refractivity contribution in [2.24, 2.45) is 0 Å². The van der Waals surface area contributed by atoms with Gasteiger partial charge in [0.05, 0.1) is 5.92 Å². The van der Waals surface area contributed by atoms with Crippen LogP contribution in [0.4, 0.5) is 4.39 Å². The number of amides is 1. The molecule has 0 saturated heterocycles. The molecule has 0 heterocycles. The Bertz CT molecular complexity index is 566. The molecular formula is C18H20FNO. The number of hydrogen-bond donors (Lipinski definition) is 1. The molecule has 2 nitrogen and oxygen atoms in total. The van der Waals surface area contributed by atoms with Crippen LogP contribution in [-0.4, -0.2) is 5.91 Å². The van der Waals surface area contributed by atoms with E-state index in [0.717, 1.165) is 24.0 Å². The van der Waals surface area contributed by atoms with E-state index in [1.807, 2.05) is 37.3 Å². The second kappa shape index (κ2) is 7.58. The molecule has 0 aliphatic carbocycles. The molecule has 3 heteroatoms. The van der Waals surface area contributed by atoms with E-state index in [1.165, 1.54) is 12.1 Å². The zero-order valence-electron chi connectivity index (χ0n) is 12.2. The summed E-state index contributed by atoms with van der Waals surface area (Å²) < 4.78 is 13.0. The number of benzene rings is 2. The van der Waals surface area contributed by atoms with Gasteiger partial charge in [0.2, 0.25) is 5.91 Å². The number of hydrogen-bond acceptors (Lipinski definition) is 1. The van der Waals surface area contributed by atoms with Crippen LogP contribution < -0.4 is 5.32 Å². The van der Waals surface area contributed by atoms with Gasteiger partial charge in [-0.2, -0.15) is 0 Å². The molecule has 0 radical (unpaired) electrons. The summed E-state index contributed by atoms with van der Waals surface area (Å²) in [5.74, 6) is -0.509. The van der Waals surface area contributed by atoms with E-state index < -0.39 is 0 Å². The number of rotatable bonds is 6. The largest absolute Gasteiger partial charge is 0.351 e. The van der Waals surface area contributed by atoms with Crippen LogP contribution in [-0.2, 0) is 11.3 Å². The van der Waals surface area contributed by atoms with Gasteiger partial charge < -0.3 is 5.32 Å². The van der Waals surface area contributed by atoms with Crippen molar-refractivity contribution < 1.29 is 9.18 Å². The fourth-order valence-corrected chi connectivity index (χ4v) is 2.34. The normalized spacial score (nSPS) is 11.9. The summed E-state index contributed by atoms with van der Waals surface area (Å²) >= 11 is 0. The minimum Gasteiger partial charge on any atom is -0.351 e. The second-order valence-electron chi connectivity index (χ2n) is 5.10. The van der Waals surface area contributed by atoms with Crippen LogP contribution in [0.5, 0.6) is 0 Å². The summed E-state index contributed by atoms with van der Waals surface area (Å²) in [6.45, 7) is 2.56. The van der Waals surface area contributed by atoms with Crippen molar-refractivity contribution in [2.45, 2.75) is 32.2 Å². The zero-order chi connectivity index (χ0) is 15.1. The van der Waals surface area contributed by atoms with Crippen molar-refractivity contribution in [1.29, 1.82) is 0 Å². The topological polar surface area (TPSA) is 29.1 Å². The molecule has 0 aliphatic rings. The van der Waals surface area contributed by atoms with Gasteiger partial charge in [0, 0.05) is 6.54 Å². The first-order valence-corrected chi connectivity index (χ1v) is 7.27. The summed E-state index contributed by atoms with van der Waals surface area (Å²) in [5.41, 5.74) is 1.93. The molecule has 1 unspecified atom stereocenters. The number of nitrogens with one attached hydrogen (secondary N) is 1. The molecule has 2 aromatic rings. The average Bonchev–Trinajstić information content (AvgIpc) is 2.52. The highest BCUT2D eigenvalue weighted by molar-refractivity contribution is 5.83. The van der Waals surface area contributed by atoms with E-state index in [0.29, 0.717) is 6.54 Å². The SMILES string of the molecule is CCCC(C(=O)NCc1ccccc1)c1ccc(F)cc1. The Morgan fingerprint density at radius 3 is 2.38 bits per heavy atom. The Balaban J connectivity index is 2.03. The maximum absolute atomic E-state index is 13.0. The highest BCUT2D eigenvalue weighted by Crippen LogP contribution is 2.22. The third-order valence-corrected chi connectivity index (χ3v) is 3.48. The van der Waals surface area contributed by atoms with E-state index >= 15 is 0 Å². The van der Waals surface area contributed by atoms with Crippen LogP contribution in [0.25, 0.3) is 0 Å². The van der Waals surface area contributed by atoms with Crippen molar-refractivity contribution in [3.05, 3.63) is 71.5 Å². The van der Waals surface area contributed by atoms with E-state index in [-0.39, 0.29) is 17.6 Å². The molecule has 110 valence electrons. The van der Waals surface area contributed by atoms with Crippen molar-refractivity contribution in [3.8, 4) is 0 Å². The maximum Gasteiger partial charge on any atom is 0.227 e. The summed E-state index contributed by atoms with van der Waals surface area (Å²) in [5, 5.41) is 2.96. The smallest absolute Gasteiger partial charge is 0.227 e. The molecule has 1 N–H and O–H groups in total. The quantitative estimate of drug-likeness (QED) is 0.853. The molecule has 0 saturated carbocycles. The van der Waals surface area contributed by atoms with Crippen LogP contribution in [0.1, 0.15) is 36.8 Å². The highest BCUT2D eigenvalue weighted by atomic mass is 19.1. The highest BCUT2D eigenvalue weighted by Gasteiger charge is 2.19. The average molecular weight is 285 g/mol. The zero-order valence-corrected chi connectivity index (χ0v) is 12.2. The van der Waals surface area contributed by atoms with E-state index in [1.54, 1.807) is 12.1 Å². The first-order valence-electron chi connectivity index (χ1n) is 7.27. The summed E-state index contributed by atoms with van der Waals surface area (Å²) in [4.78, 5) is 12.4. The lowest BCUT2D eigenvalue weighted by atomic mass is 9.93. The van der Waals surface area contributed by atoms with Gasteiger partial charge in [-0.1, -0.05) is 55.8 Å². The molecule has 21 heavy (non-hydrogen) atoms.